The second-order valence-corrected chi connectivity index (χ2v) is 9.15. The number of carbonyl (C=O) groups excluding carboxylic acids is 1. The van der Waals surface area contributed by atoms with E-state index < -0.39 is 15.4 Å². The molecule has 0 bridgehead atoms. The van der Waals surface area contributed by atoms with E-state index >= 15 is 0 Å². The van der Waals surface area contributed by atoms with Gasteiger partial charge in [0.1, 0.15) is 11.0 Å². The normalized spacial score (nSPS) is 12.8. The van der Waals surface area contributed by atoms with Gasteiger partial charge in [-0.05, 0) is 32.1 Å². The summed E-state index contributed by atoms with van der Waals surface area (Å²) in [6.07, 6.45) is 20.3. The zero-order valence-corrected chi connectivity index (χ0v) is 21.0. The Morgan fingerprint density at radius 2 is 1.39 bits per heavy atom. The molecule has 1 unspecified atom stereocenters. The smallest absolute Gasteiger partial charge is 1.00 e. The standard InChI is InChI=1S/C21H41NO4S.Na.H/c1-2-3-4-5-6-7-8-9-10-11-12-13-14-15-16-17-20(23)18-21(19-22)27(24,25)26;;/h9-10,21H,2-8,11-19,22H2,1H3,(H,24,25,26);;/q;+1;-1. The van der Waals surface area contributed by atoms with E-state index in [-0.39, 0.29) is 49.7 Å². The van der Waals surface area contributed by atoms with Crippen molar-refractivity contribution in [1.29, 1.82) is 0 Å². The van der Waals surface area contributed by atoms with E-state index in [2.05, 4.69) is 19.1 Å². The third kappa shape index (κ3) is 19.6. The molecule has 0 fully saturated rings. The Labute approximate surface area is 196 Å². The number of ketones is 1. The summed E-state index contributed by atoms with van der Waals surface area (Å²) in [5.41, 5.74) is 5.30. The minimum atomic E-state index is -4.22. The number of hydrogen-bond donors (Lipinski definition) is 2. The van der Waals surface area contributed by atoms with E-state index in [0.717, 1.165) is 32.1 Å². The third-order valence-corrected chi connectivity index (χ3v) is 6.06. The van der Waals surface area contributed by atoms with E-state index in [4.69, 9.17) is 10.3 Å². The first-order valence-electron chi connectivity index (χ1n) is 10.7. The molecule has 1 atom stereocenters. The average Bonchev–Trinajstić information content (AvgIpc) is 2.62. The maximum absolute atomic E-state index is 11.8. The number of carbonyl (C=O) groups is 1. The number of nitrogens with two attached hydrogens (primary N) is 1. The van der Waals surface area contributed by atoms with E-state index in [0.29, 0.717) is 6.42 Å². The quantitative estimate of drug-likeness (QED) is 0.143. The van der Waals surface area contributed by atoms with Crippen molar-refractivity contribution >= 4 is 15.9 Å². The molecule has 162 valence electrons. The number of Topliss-reactive ketones (excluding diaryl/α,β-unsaturated/α-hetero) is 1. The minimum Gasteiger partial charge on any atom is -1.00 e. The van der Waals surface area contributed by atoms with Crippen LogP contribution in [0.5, 0.6) is 0 Å². The van der Waals surface area contributed by atoms with Gasteiger partial charge in [0, 0.05) is 19.4 Å². The predicted molar refractivity (Wildman–Crippen MR) is 115 cm³/mol. The fourth-order valence-corrected chi connectivity index (χ4v) is 3.70. The van der Waals surface area contributed by atoms with Gasteiger partial charge in [-0.2, -0.15) is 8.42 Å². The maximum atomic E-state index is 11.8. The van der Waals surface area contributed by atoms with E-state index in [1.54, 1.807) is 0 Å². The molecule has 0 aliphatic heterocycles. The van der Waals surface area contributed by atoms with Crippen LogP contribution in [0.4, 0.5) is 0 Å². The van der Waals surface area contributed by atoms with Gasteiger partial charge in [-0.3, -0.25) is 9.35 Å². The summed E-state index contributed by atoms with van der Waals surface area (Å²) in [6, 6.07) is 0. The van der Waals surface area contributed by atoms with Crippen LogP contribution in [-0.4, -0.2) is 30.5 Å². The summed E-state index contributed by atoms with van der Waals surface area (Å²) in [5.74, 6) is -0.138. The Morgan fingerprint density at radius 3 is 1.86 bits per heavy atom. The molecule has 0 saturated carbocycles. The SMILES string of the molecule is CCCCCCCCC=CCCCCCCCC(=O)CC(CN)S(=O)(=O)O.[H-].[Na+]. The summed E-state index contributed by atoms with van der Waals surface area (Å²) in [5, 5.41) is -1.16. The van der Waals surface area contributed by atoms with Crippen LogP contribution in [0, 0.1) is 0 Å². The van der Waals surface area contributed by atoms with E-state index in [1.807, 2.05) is 0 Å². The van der Waals surface area contributed by atoms with Crippen molar-refractivity contribution in [2.45, 2.75) is 108 Å². The first-order valence-corrected chi connectivity index (χ1v) is 12.2. The first-order chi connectivity index (χ1) is 12.9. The zero-order chi connectivity index (χ0) is 20.4. The fourth-order valence-electron chi connectivity index (χ4n) is 3.06. The Bertz CT molecular complexity index is 501. The number of unbranched alkanes of at least 4 members (excludes halogenated alkanes) is 11. The summed E-state index contributed by atoms with van der Waals surface area (Å²) in [7, 11) is -4.22. The van der Waals surface area contributed by atoms with Gasteiger partial charge in [-0.15, -0.1) is 0 Å². The van der Waals surface area contributed by atoms with Gasteiger partial charge in [-0.1, -0.05) is 70.4 Å². The molecule has 0 aromatic rings. The van der Waals surface area contributed by atoms with Crippen LogP contribution >= 0.6 is 0 Å². The molecule has 0 aromatic carbocycles. The monoisotopic (exact) mass is 427 g/mol. The third-order valence-electron chi connectivity index (χ3n) is 4.86. The molecule has 7 heteroatoms. The van der Waals surface area contributed by atoms with Crippen molar-refractivity contribution in [1.82, 2.24) is 0 Å². The first kappa shape index (κ1) is 30.5. The Balaban J connectivity index is -0.00000338. The van der Waals surface area contributed by atoms with Crippen molar-refractivity contribution in [3.63, 3.8) is 0 Å². The van der Waals surface area contributed by atoms with Crippen molar-refractivity contribution in [3.05, 3.63) is 12.2 Å². The molecule has 28 heavy (non-hydrogen) atoms. The summed E-state index contributed by atoms with van der Waals surface area (Å²) in [6.45, 7) is 2.02. The number of allylic oxidation sites excluding steroid dienone is 2. The second kappa shape index (κ2) is 20.5. The largest absolute Gasteiger partial charge is 1.00 e. The van der Waals surface area contributed by atoms with Crippen LogP contribution in [0.15, 0.2) is 12.2 Å². The van der Waals surface area contributed by atoms with Crippen molar-refractivity contribution in [2.24, 2.45) is 5.73 Å². The fraction of sp³-hybridized carbons (Fsp3) is 0.857. The Hall–Kier alpha value is 0.280. The minimum absolute atomic E-state index is 0. The molecule has 0 amide bonds. The molecule has 0 spiro atoms. The van der Waals surface area contributed by atoms with Gasteiger partial charge in [0.15, 0.2) is 0 Å². The van der Waals surface area contributed by atoms with Gasteiger partial charge in [0.25, 0.3) is 10.1 Å². The molecule has 0 aromatic heterocycles. The van der Waals surface area contributed by atoms with Crippen molar-refractivity contribution in [2.75, 3.05) is 6.54 Å². The van der Waals surface area contributed by atoms with Gasteiger partial charge in [0.05, 0.1) is 0 Å². The molecule has 0 heterocycles. The van der Waals surface area contributed by atoms with Gasteiger partial charge >= 0.3 is 29.6 Å². The molecular weight excluding hydrogens is 385 g/mol. The van der Waals surface area contributed by atoms with Crippen LogP contribution in [0.25, 0.3) is 0 Å². The molecule has 3 N–H and O–H groups in total. The topological polar surface area (TPSA) is 97.5 Å². The zero-order valence-electron chi connectivity index (χ0n) is 19.2. The van der Waals surface area contributed by atoms with Crippen molar-refractivity contribution < 1.29 is 48.7 Å². The molecule has 0 saturated heterocycles. The summed E-state index contributed by atoms with van der Waals surface area (Å²) in [4.78, 5) is 11.8. The van der Waals surface area contributed by atoms with Gasteiger partial charge in [0.2, 0.25) is 0 Å². The second-order valence-electron chi connectivity index (χ2n) is 7.45. The van der Waals surface area contributed by atoms with Crippen LogP contribution in [0.1, 0.15) is 105 Å². The molecular formula is C21H42NNaO4S. The van der Waals surface area contributed by atoms with Gasteiger partial charge in [-0.25, -0.2) is 0 Å². The molecule has 0 rings (SSSR count). The Kier molecular flexibility index (Phi) is 22.4. The molecule has 0 radical (unpaired) electrons. The number of hydrogen-bond acceptors (Lipinski definition) is 4. The van der Waals surface area contributed by atoms with Gasteiger partial charge < -0.3 is 7.16 Å². The van der Waals surface area contributed by atoms with E-state index in [9.17, 15) is 13.2 Å². The van der Waals surface area contributed by atoms with E-state index in [1.165, 1.54) is 51.4 Å². The van der Waals surface area contributed by atoms with Crippen LogP contribution in [0.2, 0.25) is 0 Å². The average molecular weight is 428 g/mol. The predicted octanol–water partition coefficient (Wildman–Crippen LogP) is 2.31. The molecule has 0 aliphatic carbocycles. The summed E-state index contributed by atoms with van der Waals surface area (Å²) >= 11 is 0. The maximum Gasteiger partial charge on any atom is 1.00 e. The number of rotatable bonds is 19. The summed E-state index contributed by atoms with van der Waals surface area (Å²) < 4.78 is 31.0. The molecule has 0 aliphatic rings. The molecule has 5 nitrogen and oxygen atoms in total. The van der Waals surface area contributed by atoms with Crippen LogP contribution in [-0.2, 0) is 14.9 Å². The van der Waals surface area contributed by atoms with Crippen LogP contribution < -0.4 is 35.3 Å². The Morgan fingerprint density at radius 1 is 0.929 bits per heavy atom. The van der Waals surface area contributed by atoms with Crippen LogP contribution in [0.3, 0.4) is 0 Å². The van der Waals surface area contributed by atoms with Crippen molar-refractivity contribution in [3.8, 4) is 0 Å².